The molecule has 0 saturated heterocycles. The summed E-state index contributed by atoms with van der Waals surface area (Å²) in [7, 11) is 2.82. The number of allylic oxidation sites excluding steroid dienone is 2. The van der Waals surface area contributed by atoms with E-state index in [1.165, 1.54) is 14.2 Å². The second-order valence-electron chi connectivity index (χ2n) is 6.99. The first-order valence-corrected chi connectivity index (χ1v) is 11.3. The summed E-state index contributed by atoms with van der Waals surface area (Å²) < 4.78 is 10.1. The van der Waals surface area contributed by atoms with Gasteiger partial charge < -0.3 is 20.1 Å². The molecule has 1 amide bonds. The number of nitriles is 1. The van der Waals surface area contributed by atoms with Crippen molar-refractivity contribution in [1.82, 2.24) is 5.32 Å². The molecule has 0 spiro atoms. The van der Waals surface area contributed by atoms with E-state index in [0.29, 0.717) is 38.3 Å². The maximum Gasteiger partial charge on any atom is 0.316 e. The van der Waals surface area contributed by atoms with Crippen molar-refractivity contribution < 1.29 is 19.1 Å². The van der Waals surface area contributed by atoms with Crippen LogP contribution in [0.1, 0.15) is 18.4 Å². The van der Waals surface area contributed by atoms with Crippen molar-refractivity contribution in [3.63, 3.8) is 0 Å². The zero-order chi connectivity index (χ0) is 24.0. The lowest BCUT2D eigenvalue weighted by Crippen LogP contribution is -2.31. The number of para-hydroxylation sites is 2. The van der Waals surface area contributed by atoms with Crippen LogP contribution in [0.5, 0.6) is 5.75 Å². The Balaban J connectivity index is 2.08. The number of thioether (sulfide) groups is 1. The number of amides is 1. The van der Waals surface area contributed by atoms with Crippen molar-refractivity contribution in [2.45, 2.75) is 12.8 Å². The highest BCUT2D eigenvalue weighted by atomic mass is 35.5. The van der Waals surface area contributed by atoms with Crippen molar-refractivity contribution in [2.24, 2.45) is 0 Å². The minimum Gasteiger partial charge on any atom is -0.495 e. The zero-order valence-corrected chi connectivity index (χ0v) is 19.8. The fraction of sp³-hybridized carbons (Fsp3) is 0.208. The van der Waals surface area contributed by atoms with Gasteiger partial charge in [0, 0.05) is 16.3 Å². The molecule has 2 aromatic carbocycles. The summed E-state index contributed by atoms with van der Waals surface area (Å²) in [5.41, 5.74) is 2.27. The number of anilines is 1. The Hall–Kier alpha value is -3.41. The highest BCUT2D eigenvalue weighted by Crippen LogP contribution is 2.43. The topological polar surface area (TPSA) is 100 Å². The molecule has 0 aromatic heterocycles. The summed E-state index contributed by atoms with van der Waals surface area (Å²) in [6, 6.07) is 16.3. The highest BCUT2D eigenvalue weighted by Gasteiger charge is 2.36. The van der Waals surface area contributed by atoms with E-state index in [2.05, 4.69) is 16.7 Å². The molecule has 1 heterocycles. The van der Waals surface area contributed by atoms with Crippen LogP contribution >= 0.6 is 23.4 Å². The molecule has 0 saturated carbocycles. The maximum atomic E-state index is 13.5. The molecule has 2 N–H and O–H groups in total. The number of carbonyl (C=O) groups is 2. The average molecular weight is 484 g/mol. The number of hydrogen-bond donors (Lipinski definition) is 2. The molecule has 9 heteroatoms. The number of benzene rings is 2. The van der Waals surface area contributed by atoms with Gasteiger partial charge in [-0.25, -0.2) is 0 Å². The molecule has 1 aliphatic rings. The number of ether oxygens (including phenoxy) is 2. The van der Waals surface area contributed by atoms with E-state index in [0.717, 1.165) is 11.8 Å². The van der Waals surface area contributed by atoms with Crippen molar-refractivity contribution in [2.75, 3.05) is 25.3 Å². The molecule has 1 atom stereocenters. The first-order chi connectivity index (χ1) is 15.9. The van der Waals surface area contributed by atoms with E-state index in [4.69, 9.17) is 21.1 Å². The lowest BCUT2D eigenvalue weighted by Gasteiger charge is -2.30. The lowest BCUT2D eigenvalue weighted by molar-refractivity contribution is -0.137. The van der Waals surface area contributed by atoms with Gasteiger partial charge in [-0.05, 0) is 30.7 Å². The fourth-order valence-corrected chi connectivity index (χ4v) is 4.64. The van der Waals surface area contributed by atoms with Gasteiger partial charge in [0.2, 0.25) is 0 Å². The Labute approximate surface area is 201 Å². The van der Waals surface area contributed by atoms with Crippen LogP contribution in [-0.4, -0.2) is 31.8 Å². The van der Waals surface area contributed by atoms with Crippen LogP contribution in [0.2, 0.25) is 5.02 Å². The molecule has 1 aliphatic heterocycles. The van der Waals surface area contributed by atoms with Gasteiger partial charge in [0.05, 0.1) is 48.2 Å². The molecule has 0 fully saturated rings. The molecule has 3 rings (SSSR count). The number of carbonyl (C=O) groups excluding carboxylic acids is 2. The molecule has 7 nitrogen and oxygen atoms in total. The van der Waals surface area contributed by atoms with Gasteiger partial charge in [0.1, 0.15) is 5.75 Å². The third-order valence-electron chi connectivity index (χ3n) is 5.03. The number of nitrogens with zero attached hydrogens (tertiary/aromatic N) is 1. The smallest absolute Gasteiger partial charge is 0.316 e. The molecule has 33 heavy (non-hydrogen) atoms. The van der Waals surface area contributed by atoms with Crippen LogP contribution in [0.4, 0.5) is 5.69 Å². The molecular formula is C24H22ClN3O4S. The molecule has 2 aromatic rings. The molecule has 170 valence electrons. The molecule has 0 bridgehead atoms. The number of methoxy groups -OCH3 is 2. The molecule has 0 aliphatic carbocycles. The molecule has 0 unspecified atom stereocenters. The van der Waals surface area contributed by atoms with Crippen LogP contribution < -0.4 is 15.4 Å². The highest BCUT2D eigenvalue weighted by molar-refractivity contribution is 8.03. The second kappa shape index (κ2) is 10.9. The summed E-state index contributed by atoms with van der Waals surface area (Å²) in [4.78, 5) is 25.2. The van der Waals surface area contributed by atoms with Gasteiger partial charge in [-0.3, -0.25) is 9.59 Å². The number of dihydropyridines is 1. The van der Waals surface area contributed by atoms with Gasteiger partial charge in [0.15, 0.2) is 0 Å². The third-order valence-corrected chi connectivity index (χ3v) is 6.36. The largest absolute Gasteiger partial charge is 0.495 e. The minimum atomic E-state index is -0.736. The van der Waals surface area contributed by atoms with E-state index >= 15 is 0 Å². The summed E-state index contributed by atoms with van der Waals surface area (Å²) >= 11 is 7.63. The monoisotopic (exact) mass is 483 g/mol. The Morgan fingerprint density at radius 1 is 1.18 bits per heavy atom. The third kappa shape index (κ3) is 5.33. The quantitative estimate of drug-likeness (QED) is 0.555. The second-order valence-corrected chi connectivity index (χ2v) is 8.38. The Kier molecular flexibility index (Phi) is 8.04. The van der Waals surface area contributed by atoms with Gasteiger partial charge in [-0.1, -0.05) is 53.7 Å². The van der Waals surface area contributed by atoms with E-state index in [1.807, 2.05) is 0 Å². The zero-order valence-electron chi connectivity index (χ0n) is 18.3. The number of halogens is 1. The summed E-state index contributed by atoms with van der Waals surface area (Å²) in [6.45, 7) is 1.74. The Morgan fingerprint density at radius 3 is 2.55 bits per heavy atom. The van der Waals surface area contributed by atoms with Crippen LogP contribution in [0.3, 0.4) is 0 Å². The molecule has 0 radical (unpaired) electrons. The van der Waals surface area contributed by atoms with Gasteiger partial charge in [-0.2, -0.15) is 5.26 Å². The van der Waals surface area contributed by atoms with Gasteiger partial charge >= 0.3 is 5.97 Å². The van der Waals surface area contributed by atoms with Crippen molar-refractivity contribution in [3.05, 3.63) is 81.0 Å². The maximum absolute atomic E-state index is 13.5. The Bertz CT molecular complexity index is 1190. The standard InChI is InChI=1S/C24H22ClN3O4S/c1-14-21(23(30)28-18-10-6-7-11-19(18)31-2)22(15-8-4-5-9-17(15)25)16(12-26)24(27-14)33-13-20(29)32-3/h4-11,22,27H,13H2,1-3H3,(H,28,30)/t22-/m1/s1. The first-order valence-electron chi connectivity index (χ1n) is 9.91. The number of esters is 1. The average Bonchev–Trinajstić information content (AvgIpc) is 2.82. The predicted molar refractivity (Wildman–Crippen MR) is 129 cm³/mol. The van der Waals surface area contributed by atoms with E-state index in [-0.39, 0.29) is 11.3 Å². The lowest BCUT2D eigenvalue weighted by atomic mass is 9.82. The fourth-order valence-electron chi connectivity index (χ4n) is 3.48. The van der Waals surface area contributed by atoms with Crippen LogP contribution in [0, 0.1) is 11.3 Å². The van der Waals surface area contributed by atoms with E-state index < -0.39 is 17.8 Å². The first kappa shape index (κ1) is 24.2. The van der Waals surface area contributed by atoms with Crippen molar-refractivity contribution in [3.8, 4) is 11.8 Å². The number of hydrogen-bond acceptors (Lipinski definition) is 7. The normalized spacial score (nSPS) is 15.4. The van der Waals surface area contributed by atoms with Gasteiger partial charge in [0.25, 0.3) is 5.91 Å². The van der Waals surface area contributed by atoms with E-state index in [9.17, 15) is 14.9 Å². The van der Waals surface area contributed by atoms with Crippen molar-refractivity contribution in [1.29, 1.82) is 5.26 Å². The van der Waals surface area contributed by atoms with Crippen LogP contribution in [0.25, 0.3) is 0 Å². The summed E-state index contributed by atoms with van der Waals surface area (Å²) in [5, 5.41) is 17.0. The van der Waals surface area contributed by atoms with Crippen LogP contribution in [-0.2, 0) is 14.3 Å². The molecular weight excluding hydrogens is 462 g/mol. The predicted octanol–water partition coefficient (Wildman–Crippen LogP) is 4.59. The SMILES string of the molecule is COC(=O)CSC1=C(C#N)[C@@H](c2ccccc2Cl)C(C(=O)Nc2ccccc2OC)=C(C)N1. The number of rotatable bonds is 7. The van der Waals surface area contributed by atoms with E-state index in [1.54, 1.807) is 55.5 Å². The summed E-state index contributed by atoms with van der Waals surface area (Å²) in [5.74, 6) is -1.05. The van der Waals surface area contributed by atoms with Gasteiger partial charge in [-0.15, -0.1) is 0 Å². The van der Waals surface area contributed by atoms with Crippen molar-refractivity contribution >= 4 is 40.9 Å². The Morgan fingerprint density at radius 2 is 1.88 bits per heavy atom. The minimum absolute atomic E-state index is 0.00921. The summed E-state index contributed by atoms with van der Waals surface area (Å²) in [6.07, 6.45) is 0. The van der Waals surface area contributed by atoms with Crippen LogP contribution in [0.15, 0.2) is 70.4 Å². The number of nitrogens with one attached hydrogen (secondary N) is 2.